The highest BCUT2D eigenvalue weighted by Crippen LogP contribution is 2.22. The second kappa shape index (κ2) is 5.65. The first-order chi connectivity index (χ1) is 7.46. The van der Waals surface area contributed by atoms with E-state index in [1.165, 1.54) is 25.7 Å². The van der Waals surface area contributed by atoms with E-state index >= 15 is 0 Å². The summed E-state index contributed by atoms with van der Waals surface area (Å²) in [5, 5.41) is 8.97. The summed E-state index contributed by atoms with van der Waals surface area (Å²) in [5.41, 5.74) is 5.23. The van der Waals surface area contributed by atoms with Crippen LogP contribution >= 0.6 is 0 Å². The van der Waals surface area contributed by atoms with Crippen molar-refractivity contribution in [1.29, 1.82) is 5.26 Å². The highest BCUT2D eigenvalue weighted by atomic mass is 15.2. The molecule has 1 fully saturated rings. The molecule has 0 aromatic carbocycles. The van der Waals surface area contributed by atoms with E-state index in [2.05, 4.69) is 24.8 Å². The van der Waals surface area contributed by atoms with Gasteiger partial charge >= 0.3 is 0 Å². The summed E-state index contributed by atoms with van der Waals surface area (Å²) in [6, 6.07) is 3.23. The second-order valence-electron chi connectivity index (χ2n) is 5.52. The molecule has 92 valence electrons. The lowest BCUT2D eigenvalue weighted by Gasteiger charge is -2.35. The van der Waals surface area contributed by atoms with E-state index in [1.54, 1.807) is 0 Å². The summed E-state index contributed by atoms with van der Waals surface area (Å²) in [5.74, 6) is 0. The zero-order valence-corrected chi connectivity index (χ0v) is 10.9. The molecule has 3 heteroatoms. The molecule has 3 unspecified atom stereocenters. The van der Waals surface area contributed by atoms with Crippen LogP contribution in [0.5, 0.6) is 0 Å². The Bertz CT molecular complexity index is 254. The van der Waals surface area contributed by atoms with Crippen LogP contribution in [0.2, 0.25) is 0 Å². The third-order valence-corrected chi connectivity index (χ3v) is 3.65. The van der Waals surface area contributed by atoms with Crippen molar-refractivity contribution in [2.45, 2.75) is 70.5 Å². The highest BCUT2D eigenvalue weighted by Gasteiger charge is 2.27. The Morgan fingerprint density at radius 2 is 2.19 bits per heavy atom. The minimum Gasteiger partial charge on any atom is -0.314 e. The number of hydrogen-bond acceptors (Lipinski definition) is 3. The summed E-state index contributed by atoms with van der Waals surface area (Å²) in [6.07, 6.45) is 5.99. The maximum Gasteiger partial charge on any atom is 0.102 e. The molecule has 1 rings (SSSR count). The van der Waals surface area contributed by atoms with Crippen molar-refractivity contribution >= 4 is 0 Å². The smallest absolute Gasteiger partial charge is 0.102 e. The van der Waals surface area contributed by atoms with Crippen LogP contribution in [0.4, 0.5) is 0 Å². The number of rotatable bonds is 3. The third kappa shape index (κ3) is 3.77. The molecule has 1 saturated heterocycles. The summed E-state index contributed by atoms with van der Waals surface area (Å²) >= 11 is 0. The van der Waals surface area contributed by atoms with Gasteiger partial charge in [-0.3, -0.25) is 4.90 Å². The molecule has 0 aromatic heterocycles. The number of nitriles is 1. The van der Waals surface area contributed by atoms with E-state index in [1.807, 2.05) is 6.92 Å². The van der Waals surface area contributed by atoms with Crippen LogP contribution in [0.3, 0.4) is 0 Å². The minimum atomic E-state index is -0.689. The van der Waals surface area contributed by atoms with Crippen molar-refractivity contribution in [3.05, 3.63) is 0 Å². The molecule has 0 radical (unpaired) electrons. The summed E-state index contributed by atoms with van der Waals surface area (Å²) < 4.78 is 0. The molecule has 0 saturated carbocycles. The standard InChI is InChI=1S/C13H25N3/c1-11-7-5-4-6-8-16(11)12(2)9-13(3,15)10-14/h11-12H,4-9,15H2,1-3H3. The monoisotopic (exact) mass is 223 g/mol. The number of nitrogens with zero attached hydrogens (tertiary/aromatic N) is 2. The topological polar surface area (TPSA) is 53.0 Å². The van der Waals surface area contributed by atoms with E-state index in [-0.39, 0.29) is 0 Å². The van der Waals surface area contributed by atoms with Gasteiger partial charge in [0.2, 0.25) is 0 Å². The van der Waals surface area contributed by atoms with Crippen LogP contribution in [0, 0.1) is 11.3 Å². The van der Waals surface area contributed by atoms with Crippen LogP contribution in [0.1, 0.15) is 52.9 Å². The van der Waals surface area contributed by atoms with Gasteiger partial charge in [-0.25, -0.2) is 0 Å². The van der Waals surface area contributed by atoms with Gasteiger partial charge in [-0.2, -0.15) is 5.26 Å². The molecular weight excluding hydrogens is 198 g/mol. The first kappa shape index (κ1) is 13.5. The molecule has 0 aliphatic carbocycles. The Morgan fingerprint density at radius 1 is 1.50 bits per heavy atom. The predicted molar refractivity (Wildman–Crippen MR) is 66.9 cm³/mol. The predicted octanol–water partition coefficient (Wildman–Crippen LogP) is 2.27. The summed E-state index contributed by atoms with van der Waals surface area (Å²) in [6.45, 7) is 7.47. The van der Waals surface area contributed by atoms with Gasteiger partial charge in [0.15, 0.2) is 0 Å². The van der Waals surface area contributed by atoms with Crippen LogP contribution < -0.4 is 5.73 Å². The zero-order chi connectivity index (χ0) is 12.2. The lowest BCUT2D eigenvalue weighted by atomic mass is 9.95. The van der Waals surface area contributed by atoms with Crippen LogP contribution in [0.25, 0.3) is 0 Å². The maximum atomic E-state index is 8.97. The third-order valence-electron chi connectivity index (χ3n) is 3.65. The minimum absolute atomic E-state index is 0.405. The van der Waals surface area contributed by atoms with Crippen molar-refractivity contribution in [3.8, 4) is 6.07 Å². The van der Waals surface area contributed by atoms with Crippen molar-refractivity contribution in [2.75, 3.05) is 6.54 Å². The first-order valence-corrected chi connectivity index (χ1v) is 6.42. The molecule has 1 aliphatic heterocycles. The Balaban J connectivity index is 2.57. The van der Waals surface area contributed by atoms with Gasteiger partial charge in [-0.05, 0) is 46.6 Å². The molecule has 2 N–H and O–H groups in total. The molecule has 16 heavy (non-hydrogen) atoms. The molecule has 1 heterocycles. The molecule has 0 aromatic rings. The van der Waals surface area contributed by atoms with Gasteiger partial charge in [-0.15, -0.1) is 0 Å². The lowest BCUT2D eigenvalue weighted by Crippen LogP contribution is -2.46. The maximum absolute atomic E-state index is 8.97. The van der Waals surface area contributed by atoms with Crippen molar-refractivity contribution in [3.63, 3.8) is 0 Å². The fraction of sp³-hybridized carbons (Fsp3) is 0.923. The highest BCUT2D eigenvalue weighted by molar-refractivity contribution is 5.03. The molecular formula is C13H25N3. The average Bonchev–Trinajstić information content (AvgIpc) is 2.42. The number of nitrogens with two attached hydrogens (primary N) is 1. The van der Waals surface area contributed by atoms with Gasteiger partial charge in [0.25, 0.3) is 0 Å². The Labute approximate surface area is 99.6 Å². The van der Waals surface area contributed by atoms with E-state index in [4.69, 9.17) is 11.0 Å². The normalized spacial score (nSPS) is 28.8. The van der Waals surface area contributed by atoms with Gasteiger partial charge in [0.05, 0.1) is 6.07 Å². The molecule has 3 atom stereocenters. The first-order valence-electron chi connectivity index (χ1n) is 6.42. The van der Waals surface area contributed by atoms with Gasteiger partial charge in [-0.1, -0.05) is 12.8 Å². The quantitative estimate of drug-likeness (QED) is 0.798. The zero-order valence-electron chi connectivity index (χ0n) is 10.9. The van der Waals surface area contributed by atoms with E-state index in [0.717, 1.165) is 13.0 Å². The molecule has 0 spiro atoms. The van der Waals surface area contributed by atoms with E-state index < -0.39 is 5.54 Å². The average molecular weight is 223 g/mol. The number of hydrogen-bond donors (Lipinski definition) is 1. The fourth-order valence-electron chi connectivity index (χ4n) is 2.73. The SMILES string of the molecule is CC1CCCCCN1C(C)CC(C)(N)C#N. The number of likely N-dealkylation sites (tertiary alicyclic amines) is 1. The largest absolute Gasteiger partial charge is 0.314 e. The summed E-state index contributed by atoms with van der Waals surface area (Å²) in [7, 11) is 0. The fourth-order valence-corrected chi connectivity index (χ4v) is 2.73. The molecule has 1 aliphatic rings. The van der Waals surface area contributed by atoms with Crippen molar-refractivity contribution < 1.29 is 0 Å². The van der Waals surface area contributed by atoms with Crippen molar-refractivity contribution in [2.24, 2.45) is 5.73 Å². The second-order valence-corrected chi connectivity index (χ2v) is 5.52. The Hall–Kier alpha value is -0.590. The van der Waals surface area contributed by atoms with Gasteiger partial charge in [0, 0.05) is 12.1 Å². The van der Waals surface area contributed by atoms with E-state index in [0.29, 0.717) is 12.1 Å². The van der Waals surface area contributed by atoms with Gasteiger partial charge < -0.3 is 5.73 Å². The van der Waals surface area contributed by atoms with Crippen LogP contribution in [0.15, 0.2) is 0 Å². The summed E-state index contributed by atoms with van der Waals surface area (Å²) in [4.78, 5) is 2.52. The Kier molecular flexibility index (Phi) is 4.76. The van der Waals surface area contributed by atoms with Gasteiger partial charge in [0.1, 0.15) is 5.54 Å². The lowest BCUT2D eigenvalue weighted by molar-refractivity contribution is 0.139. The van der Waals surface area contributed by atoms with Crippen molar-refractivity contribution in [1.82, 2.24) is 4.90 Å². The molecule has 3 nitrogen and oxygen atoms in total. The van der Waals surface area contributed by atoms with E-state index in [9.17, 15) is 0 Å². The Morgan fingerprint density at radius 3 is 2.81 bits per heavy atom. The molecule has 0 amide bonds. The van der Waals surface area contributed by atoms with Crippen LogP contribution in [-0.4, -0.2) is 29.1 Å². The molecule has 0 bridgehead atoms. The van der Waals surface area contributed by atoms with Crippen LogP contribution in [-0.2, 0) is 0 Å².